The van der Waals surface area contributed by atoms with Crippen LogP contribution >= 0.6 is 23.4 Å². The molecule has 7 heteroatoms. The van der Waals surface area contributed by atoms with E-state index < -0.39 is 10.0 Å². The molecule has 1 aromatic rings. The number of hydrogen-bond acceptors (Lipinski definition) is 4. The SMILES string of the molecule is CCSC1CCCC1NS(=O)(=O)c1cc(Cl)ccc1N. The number of hydrogen-bond donors (Lipinski definition) is 2. The second-order valence-electron chi connectivity index (χ2n) is 4.83. The maximum Gasteiger partial charge on any atom is 0.242 e. The van der Waals surface area contributed by atoms with E-state index in [1.807, 2.05) is 0 Å². The first kappa shape index (κ1) is 15.9. The summed E-state index contributed by atoms with van der Waals surface area (Å²) in [5.74, 6) is 0.988. The lowest BCUT2D eigenvalue weighted by molar-refractivity contribution is 0.555. The standard InChI is InChI=1S/C13H19ClN2O2S2/c1-2-19-12-5-3-4-11(12)16-20(17,18)13-8-9(14)6-7-10(13)15/h6-8,11-12,16H,2-5,15H2,1H3. The van der Waals surface area contributed by atoms with Crippen molar-refractivity contribution in [2.24, 2.45) is 0 Å². The number of halogens is 1. The molecule has 0 aliphatic heterocycles. The maximum absolute atomic E-state index is 12.5. The number of sulfonamides is 1. The van der Waals surface area contributed by atoms with Gasteiger partial charge in [-0.1, -0.05) is 24.9 Å². The molecule has 1 aromatic carbocycles. The molecule has 0 radical (unpaired) electrons. The third kappa shape index (κ3) is 3.61. The van der Waals surface area contributed by atoms with Gasteiger partial charge < -0.3 is 5.73 Å². The summed E-state index contributed by atoms with van der Waals surface area (Å²) in [4.78, 5) is 0.0668. The van der Waals surface area contributed by atoms with E-state index in [2.05, 4.69) is 11.6 Å². The van der Waals surface area contributed by atoms with Crippen molar-refractivity contribution in [3.63, 3.8) is 0 Å². The van der Waals surface area contributed by atoms with Gasteiger partial charge in [-0.05, 0) is 36.8 Å². The number of nitrogen functional groups attached to an aromatic ring is 1. The van der Waals surface area contributed by atoms with Gasteiger partial charge in [-0.15, -0.1) is 0 Å². The van der Waals surface area contributed by atoms with Gasteiger partial charge in [-0.2, -0.15) is 11.8 Å². The largest absolute Gasteiger partial charge is 0.398 e. The summed E-state index contributed by atoms with van der Waals surface area (Å²) in [6.45, 7) is 2.09. The molecule has 0 amide bonds. The van der Waals surface area contributed by atoms with Gasteiger partial charge in [0.15, 0.2) is 0 Å². The van der Waals surface area contributed by atoms with Crippen LogP contribution in [-0.2, 0) is 10.0 Å². The predicted molar refractivity (Wildman–Crippen MR) is 85.7 cm³/mol. The molecule has 1 fully saturated rings. The predicted octanol–water partition coefficient (Wildman–Crippen LogP) is 2.87. The Morgan fingerprint density at radius 1 is 1.45 bits per heavy atom. The van der Waals surface area contributed by atoms with Crippen molar-refractivity contribution in [3.8, 4) is 0 Å². The molecule has 20 heavy (non-hydrogen) atoms. The van der Waals surface area contributed by atoms with Crippen LogP contribution in [0.25, 0.3) is 0 Å². The Hall–Kier alpha value is -0.430. The van der Waals surface area contributed by atoms with E-state index in [1.165, 1.54) is 12.1 Å². The van der Waals surface area contributed by atoms with Gasteiger partial charge >= 0.3 is 0 Å². The molecule has 1 aliphatic rings. The average Bonchev–Trinajstić information content (AvgIpc) is 2.79. The molecule has 112 valence electrons. The second kappa shape index (κ2) is 6.56. The van der Waals surface area contributed by atoms with Gasteiger partial charge in [0.1, 0.15) is 4.90 Å². The lowest BCUT2D eigenvalue weighted by atomic mass is 10.3. The van der Waals surface area contributed by atoms with Crippen molar-refractivity contribution in [1.82, 2.24) is 4.72 Å². The molecule has 0 aromatic heterocycles. The van der Waals surface area contributed by atoms with Crippen molar-refractivity contribution in [2.45, 2.75) is 42.4 Å². The Bertz CT molecular complexity index is 578. The molecule has 2 atom stereocenters. The van der Waals surface area contributed by atoms with E-state index in [1.54, 1.807) is 17.8 Å². The second-order valence-corrected chi connectivity index (χ2v) is 8.47. The third-order valence-corrected chi connectivity index (χ3v) is 6.51. The Labute approximate surface area is 129 Å². The molecule has 3 N–H and O–H groups in total. The summed E-state index contributed by atoms with van der Waals surface area (Å²) in [6.07, 6.45) is 2.98. The Balaban J connectivity index is 2.20. The highest BCUT2D eigenvalue weighted by atomic mass is 35.5. The van der Waals surface area contributed by atoms with E-state index in [0.717, 1.165) is 25.0 Å². The van der Waals surface area contributed by atoms with Gasteiger partial charge in [-0.3, -0.25) is 0 Å². The molecule has 1 aliphatic carbocycles. The highest BCUT2D eigenvalue weighted by Crippen LogP contribution is 2.31. The van der Waals surface area contributed by atoms with Crippen molar-refractivity contribution >= 4 is 39.1 Å². The van der Waals surface area contributed by atoms with Crippen molar-refractivity contribution < 1.29 is 8.42 Å². The van der Waals surface area contributed by atoms with Crippen LogP contribution in [0.5, 0.6) is 0 Å². The summed E-state index contributed by atoms with van der Waals surface area (Å²) >= 11 is 7.67. The number of rotatable bonds is 5. The Kier molecular flexibility index (Phi) is 5.23. The minimum atomic E-state index is -3.62. The normalized spacial score (nSPS) is 23.1. The van der Waals surface area contributed by atoms with E-state index in [0.29, 0.717) is 10.3 Å². The van der Waals surface area contributed by atoms with E-state index in [9.17, 15) is 8.42 Å². The fourth-order valence-electron chi connectivity index (χ4n) is 2.48. The summed E-state index contributed by atoms with van der Waals surface area (Å²) in [6, 6.07) is 4.48. The van der Waals surface area contributed by atoms with Crippen LogP contribution in [0.2, 0.25) is 5.02 Å². The average molecular weight is 335 g/mol. The Morgan fingerprint density at radius 2 is 2.20 bits per heavy atom. The minimum absolute atomic E-state index is 0.0247. The zero-order chi connectivity index (χ0) is 14.8. The molecule has 0 spiro atoms. The number of benzene rings is 1. The van der Waals surface area contributed by atoms with Gasteiger partial charge in [0.2, 0.25) is 10.0 Å². The fraction of sp³-hybridized carbons (Fsp3) is 0.538. The van der Waals surface area contributed by atoms with Crippen LogP contribution < -0.4 is 10.5 Å². The van der Waals surface area contributed by atoms with Gasteiger partial charge in [-0.25, -0.2) is 13.1 Å². The highest BCUT2D eigenvalue weighted by Gasteiger charge is 2.31. The molecule has 0 bridgehead atoms. The van der Waals surface area contributed by atoms with Crippen LogP contribution in [0, 0.1) is 0 Å². The molecule has 2 rings (SSSR count). The maximum atomic E-state index is 12.5. The number of nitrogens with two attached hydrogens (primary N) is 1. The molecule has 2 unspecified atom stereocenters. The molecule has 0 heterocycles. The Morgan fingerprint density at radius 3 is 2.90 bits per heavy atom. The first-order valence-corrected chi connectivity index (χ1v) is 9.54. The van der Waals surface area contributed by atoms with Crippen LogP contribution in [0.1, 0.15) is 26.2 Å². The first-order valence-electron chi connectivity index (χ1n) is 6.63. The molecule has 4 nitrogen and oxygen atoms in total. The van der Waals surface area contributed by atoms with Crippen LogP contribution in [0.15, 0.2) is 23.1 Å². The summed E-state index contributed by atoms with van der Waals surface area (Å²) in [5.41, 5.74) is 5.98. The quantitative estimate of drug-likeness (QED) is 0.812. The van der Waals surface area contributed by atoms with Crippen LogP contribution in [-0.4, -0.2) is 25.5 Å². The molecular formula is C13H19ClN2O2S2. The topological polar surface area (TPSA) is 72.2 Å². The van der Waals surface area contributed by atoms with E-state index >= 15 is 0 Å². The highest BCUT2D eigenvalue weighted by molar-refractivity contribution is 8.00. The molecular weight excluding hydrogens is 316 g/mol. The summed E-state index contributed by atoms with van der Waals surface area (Å²) < 4.78 is 27.7. The monoisotopic (exact) mass is 334 g/mol. The molecule has 1 saturated carbocycles. The lowest BCUT2D eigenvalue weighted by Gasteiger charge is -2.20. The van der Waals surface area contributed by atoms with Crippen LogP contribution in [0.3, 0.4) is 0 Å². The van der Waals surface area contributed by atoms with E-state index in [4.69, 9.17) is 17.3 Å². The summed E-state index contributed by atoms with van der Waals surface area (Å²) in [7, 11) is -3.62. The minimum Gasteiger partial charge on any atom is -0.398 e. The smallest absolute Gasteiger partial charge is 0.242 e. The van der Waals surface area contributed by atoms with Gasteiger partial charge in [0.05, 0.1) is 5.69 Å². The number of anilines is 1. The number of nitrogens with one attached hydrogen (secondary N) is 1. The molecule has 0 saturated heterocycles. The van der Waals surface area contributed by atoms with Crippen molar-refractivity contribution in [2.75, 3.05) is 11.5 Å². The fourth-order valence-corrected chi connectivity index (χ4v) is 5.47. The summed E-state index contributed by atoms with van der Waals surface area (Å²) in [5, 5.41) is 0.709. The third-order valence-electron chi connectivity index (χ3n) is 3.40. The van der Waals surface area contributed by atoms with E-state index in [-0.39, 0.29) is 16.6 Å². The zero-order valence-corrected chi connectivity index (χ0v) is 13.7. The zero-order valence-electron chi connectivity index (χ0n) is 11.3. The van der Waals surface area contributed by atoms with Crippen molar-refractivity contribution in [3.05, 3.63) is 23.2 Å². The van der Waals surface area contributed by atoms with Crippen LogP contribution in [0.4, 0.5) is 5.69 Å². The van der Waals surface area contributed by atoms with Crippen molar-refractivity contribution in [1.29, 1.82) is 0 Å². The first-order chi connectivity index (χ1) is 9.44. The van der Waals surface area contributed by atoms with Gasteiger partial charge in [0, 0.05) is 16.3 Å². The number of thioether (sulfide) groups is 1. The lowest BCUT2D eigenvalue weighted by Crippen LogP contribution is -2.39. The van der Waals surface area contributed by atoms with Gasteiger partial charge in [0.25, 0.3) is 0 Å².